The molecule has 5 nitrogen and oxygen atoms in total. The first-order chi connectivity index (χ1) is 10.7. The Kier molecular flexibility index (Phi) is 5.48. The van der Waals surface area contributed by atoms with E-state index in [2.05, 4.69) is 15.3 Å². The summed E-state index contributed by atoms with van der Waals surface area (Å²) in [5, 5.41) is 3.66. The number of carbonyl (C=O) groups excluding carboxylic acids is 1. The lowest BCUT2D eigenvalue weighted by Crippen LogP contribution is -2.18. The maximum atomic E-state index is 13.9. The molecule has 2 rings (SSSR count). The molecule has 0 fully saturated rings. The fourth-order valence-corrected chi connectivity index (χ4v) is 1.62. The molecule has 0 aliphatic carbocycles. The third kappa shape index (κ3) is 4.59. The van der Waals surface area contributed by atoms with Crippen LogP contribution in [0.25, 0.3) is 0 Å². The Morgan fingerprint density at radius 3 is 2.73 bits per heavy atom. The fraction of sp³-hybridized carbons (Fsp3) is 0.125. The number of nitrogens with one attached hydrogen (secondary N) is 1. The summed E-state index contributed by atoms with van der Waals surface area (Å²) < 4.78 is 24.0. The molecule has 0 saturated heterocycles. The lowest BCUT2D eigenvalue weighted by atomic mass is 10.2. The lowest BCUT2D eigenvalue weighted by Gasteiger charge is -2.06. The van der Waals surface area contributed by atoms with Crippen molar-refractivity contribution in [3.8, 4) is 11.5 Å². The summed E-state index contributed by atoms with van der Waals surface area (Å²) in [6.45, 7) is 1.94. The highest BCUT2D eigenvalue weighted by Crippen LogP contribution is 2.24. The van der Waals surface area contributed by atoms with Crippen LogP contribution in [0.5, 0.6) is 11.5 Å². The van der Waals surface area contributed by atoms with Gasteiger partial charge in [-0.3, -0.25) is 0 Å². The van der Waals surface area contributed by atoms with Crippen molar-refractivity contribution in [2.45, 2.75) is 6.92 Å². The quantitative estimate of drug-likeness (QED) is 0.676. The van der Waals surface area contributed by atoms with Crippen LogP contribution >= 0.6 is 0 Å². The SMILES string of the molecule is CCOC(=O)N/N=C\c1ccc(Oc2ccccc2)c(F)c1. The zero-order valence-corrected chi connectivity index (χ0v) is 12.0. The predicted molar refractivity (Wildman–Crippen MR) is 80.7 cm³/mol. The van der Waals surface area contributed by atoms with Gasteiger partial charge in [-0.25, -0.2) is 14.6 Å². The van der Waals surface area contributed by atoms with Crippen LogP contribution in [0.1, 0.15) is 12.5 Å². The van der Waals surface area contributed by atoms with E-state index in [0.717, 1.165) is 0 Å². The number of nitrogens with zero attached hydrogens (tertiary/aromatic N) is 1. The van der Waals surface area contributed by atoms with Gasteiger partial charge < -0.3 is 9.47 Å². The Hall–Kier alpha value is -2.89. The van der Waals surface area contributed by atoms with Gasteiger partial charge in [0.05, 0.1) is 12.8 Å². The average molecular weight is 302 g/mol. The molecule has 0 unspecified atom stereocenters. The zero-order chi connectivity index (χ0) is 15.8. The van der Waals surface area contributed by atoms with E-state index in [0.29, 0.717) is 11.3 Å². The largest absolute Gasteiger partial charge is 0.454 e. The third-order valence-corrected chi connectivity index (χ3v) is 2.57. The molecule has 0 aromatic heterocycles. The minimum Gasteiger partial charge on any atom is -0.454 e. The average Bonchev–Trinajstić information content (AvgIpc) is 2.51. The van der Waals surface area contributed by atoms with Crippen molar-refractivity contribution in [3.05, 3.63) is 59.9 Å². The molecule has 0 radical (unpaired) electrons. The van der Waals surface area contributed by atoms with E-state index in [1.807, 2.05) is 6.07 Å². The van der Waals surface area contributed by atoms with Gasteiger partial charge in [-0.1, -0.05) is 18.2 Å². The van der Waals surface area contributed by atoms with Gasteiger partial charge in [0.15, 0.2) is 11.6 Å². The number of ether oxygens (including phenoxy) is 2. The summed E-state index contributed by atoms with van der Waals surface area (Å²) >= 11 is 0. The Bertz CT molecular complexity index is 660. The van der Waals surface area contributed by atoms with Gasteiger partial charge in [0.25, 0.3) is 0 Å². The van der Waals surface area contributed by atoms with Crippen LogP contribution in [0.15, 0.2) is 53.6 Å². The summed E-state index contributed by atoms with van der Waals surface area (Å²) in [5.74, 6) is 0.137. The number of hydrogen-bond donors (Lipinski definition) is 1. The minimum atomic E-state index is -0.664. The highest BCUT2D eigenvalue weighted by molar-refractivity contribution is 5.81. The van der Waals surface area contributed by atoms with Gasteiger partial charge in [-0.2, -0.15) is 5.10 Å². The highest BCUT2D eigenvalue weighted by atomic mass is 19.1. The van der Waals surface area contributed by atoms with E-state index in [1.54, 1.807) is 37.3 Å². The molecule has 0 atom stereocenters. The van der Waals surface area contributed by atoms with Gasteiger partial charge in [0.2, 0.25) is 0 Å². The Balaban J connectivity index is 2.00. The molecule has 0 heterocycles. The molecule has 0 aliphatic rings. The van der Waals surface area contributed by atoms with Gasteiger partial charge in [-0.15, -0.1) is 0 Å². The molecule has 0 aliphatic heterocycles. The molecule has 114 valence electrons. The molecule has 1 amide bonds. The van der Waals surface area contributed by atoms with Crippen molar-refractivity contribution in [1.29, 1.82) is 0 Å². The summed E-state index contributed by atoms with van der Waals surface area (Å²) in [7, 11) is 0. The standard InChI is InChI=1S/C16H15FN2O3/c1-2-21-16(20)19-18-11-12-8-9-15(14(17)10-12)22-13-6-4-3-5-7-13/h3-11H,2H2,1H3,(H,19,20)/b18-11-. The lowest BCUT2D eigenvalue weighted by molar-refractivity contribution is 0.152. The molecule has 2 aromatic rings. The van der Waals surface area contributed by atoms with Crippen LogP contribution < -0.4 is 10.2 Å². The molecule has 6 heteroatoms. The summed E-state index contributed by atoms with van der Waals surface area (Å²) in [6, 6.07) is 13.3. The topological polar surface area (TPSA) is 59.9 Å². The molecule has 22 heavy (non-hydrogen) atoms. The second-order valence-electron chi connectivity index (χ2n) is 4.20. The monoisotopic (exact) mass is 302 g/mol. The number of hydrogen-bond acceptors (Lipinski definition) is 4. The molecule has 1 N–H and O–H groups in total. The molecular formula is C16H15FN2O3. The van der Waals surface area contributed by atoms with Crippen molar-refractivity contribution in [1.82, 2.24) is 5.43 Å². The second-order valence-corrected chi connectivity index (χ2v) is 4.20. The van der Waals surface area contributed by atoms with Crippen LogP contribution in [0.2, 0.25) is 0 Å². The van der Waals surface area contributed by atoms with E-state index in [1.165, 1.54) is 18.3 Å². The van der Waals surface area contributed by atoms with Crippen molar-refractivity contribution < 1.29 is 18.7 Å². The maximum absolute atomic E-state index is 13.9. The minimum absolute atomic E-state index is 0.113. The Labute approximate surface area is 127 Å². The number of para-hydroxylation sites is 1. The number of carbonyl (C=O) groups is 1. The molecule has 0 saturated carbocycles. The first-order valence-corrected chi connectivity index (χ1v) is 6.67. The van der Waals surface area contributed by atoms with Gasteiger partial charge in [0.1, 0.15) is 5.75 Å². The van der Waals surface area contributed by atoms with Crippen molar-refractivity contribution in [2.24, 2.45) is 5.10 Å². The van der Waals surface area contributed by atoms with E-state index in [9.17, 15) is 9.18 Å². The second kappa shape index (κ2) is 7.78. The van der Waals surface area contributed by atoms with Crippen LogP contribution in [0, 0.1) is 5.82 Å². The number of hydrazone groups is 1. The van der Waals surface area contributed by atoms with Crippen molar-refractivity contribution >= 4 is 12.3 Å². The summed E-state index contributed by atoms with van der Waals surface area (Å²) in [4.78, 5) is 11.0. The van der Waals surface area contributed by atoms with Crippen LogP contribution in [0.3, 0.4) is 0 Å². The number of halogens is 1. The van der Waals surface area contributed by atoms with E-state index in [4.69, 9.17) is 4.74 Å². The predicted octanol–water partition coefficient (Wildman–Crippen LogP) is 3.70. The molecule has 0 bridgehead atoms. The first-order valence-electron chi connectivity index (χ1n) is 6.67. The van der Waals surface area contributed by atoms with Crippen LogP contribution in [0.4, 0.5) is 9.18 Å². The van der Waals surface area contributed by atoms with Crippen molar-refractivity contribution in [3.63, 3.8) is 0 Å². The van der Waals surface area contributed by atoms with Crippen molar-refractivity contribution in [2.75, 3.05) is 6.61 Å². The number of benzene rings is 2. The fourth-order valence-electron chi connectivity index (χ4n) is 1.62. The van der Waals surface area contributed by atoms with Crippen LogP contribution in [-0.4, -0.2) is 18.9 Å². The molecular weight excluding hydrogens is 287 g/mol. The summed E-state index contributed by atoms with van der Waals surface area (Å²) in [5.41, 5.74) is 2.64. The Morgan fingerprint density at radius 1 is 1.27 bits per heavy atom. The van der Waals surface area contributed by atoms with Gasteiger partial charge in [0, 0.05) is 0 Å². The highest BCUT2D eigenvalue weighted by Gasteiger charge is 2.05. The Morgan fingerprint density at radius 2 is 2.05 bits per heavy atom. The summed E-state index contributed by atoms with van der Waals surface area (Å²) in [6.07, 6.45) is 0.648. The van der Waals surface area contributed by atoms with E-state index >= 15 is 0 Å². The smallest absolute Gasteiger partial charge is 0.427 e. The van der Waals surface area contributed by atoms with Gasteiger partial charge >= 0.3 is 6.09 Å². The molecule has 0 spiro atoms. The number of rotatable bonds is 5. The van der Waals surface area contributed by atoms with E-state index < -0.39 is 11.9 Å². The zero-order valence-electron chi connectivity index (χ0n) is 12.0. The number of amides is 1. The molecule has 2 aromatic carbocycles. The van der Waals surface area contributed by atoms with Crippen LogP contribution in [-0.2, 0) is 4.74 Å². The van der Waals surface area contributed by atoms with Gasteiger partial charge in [-0.05, 0) is 42.8 Å². The maximum Gasteiger partial charge on any atom is 0.427 e. The normalized spacial score (nSPS) is 10.5. The first kappa shape index (κ1) is 15.5. The third-order valence-electron chi connectivity index (χ3n) is 2.57. The van der Waals surface area contributed by atoms with E-state index in [-0.39, 0.29) is 12.4 Å².